The van der Waals surface area contributed by atoms with Crippen molar-refractivity contribution in [2.45, 2.75) is 12.7 Å². The molecule has 0 aliphatic rings. The molecule has 0 aliphatic heterocycles. The Bertz CT molecular complexity index is 613. The van der Waals surface area contributed by atoms with Crippen LogP contribution >= 0.6 is 0 Å². The minimum absolute atomic E-state index is 0.0550. The van der Waals surface area contributed by atoms with E-state index in [2.05, 4.69) is 29.2 Å². The molecule has 2 heteroatoms. The topological polar surface area (TPSA) is 22.1 Å². The second kappa shape index (κ2) is 6.82. The molecule has 0 unspecified atom stereocenters. The molecule has 0 fully saturated rings. The van der Waals surface area contributed by atoms with E-state index in [4.69, 9.17) is 4.74 Å². The van der Waals surface area contributed by atoms with E-state index in [0.29, 0.717) is 6.61 Å². The molecule has 3 rings (SSSR count). The van der Waals surface area contributed by atoms with E-state index in [1.807, 2.05) is 48.5 Å². The van der Waals surface area contributed by atoms with Crippen LogP contribution in [0.25, 0.3) is 0 Å². The van der Waals surface area contributed by atoms with E-state index in [-0.39, 0.29) is 6.10 Å². The van der Waals surface area contributed by atoms with Crippen LogP contribution in [0.5, 0.6) is 0 Å². The van der Waals surface area contributed by atoms with Gasteiger partial charge in [0, 0.05) is 12.4 Å². The van der Waals surface area contributed by atoms with Crippen LogP contribution in [-0.4, -0.2) is 4.98 Å². The van der Waals surface area contributed by atoms with Crippen molar-refractivity contribution < 1.29 is 4.74 Å². The van der Waals surface area contributed by atoms with E-state index < -0.39 is 0 Å². The maximum Gasteiger partial charge on any atom is 0.108 e. The predicted molar refractivity (Wildman–Crippen MR) is 83.8 cm³/mol. The Hall–Kier alpha value is -2.45. The molecule has 1 heterocycles. The number of benzene rings is 2. The molecule has 2 aromatic carbocycles. The molecule has 0 saturated heterocycles. The Morgan fingerprint density at radius 3 is 1.76 bits per heavy atom. The molecule has 0 spiro atoms. The van der Waals surface area contributed by atoms with Gasteiger partial charge in [0.25, 0.3) is 0 Å². The van der Waals surface area contributed by atoms with Gasteiger partial charge in [-0.25, -0.2) is 0 Å². The van der Waals surface area contributed by atoms with E-state index in [1.54, 1.807) is 12.4 Å². The van der Waals surface area contributed by atoms with Crippen molar-refractivity contribution in [3.8, 4) is 0 Å². The minimum atomic E-state index is -0.0550. The number of hydrogen-bond donors (Lipinski definition) is 0. The van der Waals surface area contributed by atoms with E-state index >= 15 is 0 Å². The third kappa shape index (κ3) is 3.56. The Balaban J connectivity index is 1.83. The number of aromatic nitrogens is 1. The quantitative estimate of drug-likeness (QED) is 0.689. The summed E-state index contributed by atoms with van der Waals surface area (Å²) in [6.07, 6.45) is 3.53. The number of hydrogen-bond acceptors (Lipinski definition) is 2. The van der Waals surface area contributed by atoms with Gasteiger partial charge >= 0.3 is 0 Å². The average Bonchev–Trinajstić information content (AvgIpc) is 2.58. The third-order valence-electron chi connectivity index (χ3n) is 3.37. The maximum atomic E-state index is 6.17. The fraction of sp³-hybridized carbons (Fsp3) is 0.105. The summed E-state index contributed by atoms with van der Waals surface area (Å²) in [4.78, 5) is 4.03. The summed E-state index contributed by atoms with van der Waals surface area (Å²) in [5.74, 6) is 0. The molecule has 0 radical (unpaired) electrons. The fourth-order valence-corrected chi connectivity index (χ4v) is 2.30. The second-order valence-corrected chi connectivity index (χ2v) is 4.87. The molecular weight excluding hydrogens is 258 g/mol. The van der Waals surface area contributed by atoms with Crippen LogP contribution < -0.4 is 0 Å². The van der Waals surface area contributed by atoms with Gasteiger partial charge in [0.2, 0.25) is 0 Å². The van der Waals surface area contributed by atoms with Crippen LogP contribution in [0.1, 0.15) is 22.8 Å². The van der Waals surface area contributed by atoms with Crippen LogP contribution in [0.2, 0.25) is 0 Å². The van der Waals surface area contributed by atoms with Gasteiger partial charge in [-0.1, -0.05) is 60.7 Å². The first kappa shape index (κ1) is 13.5. The Kier molecular flexibility index (Phi) is 4.39. The van der Waals surface area contributed by atoms with Crippen LogP contribution in [0.3, 0.4) is 0 Å². The summed E-state index contributed by atoms with van der Waals surface area (Å²) in [5.41, 5.74) is 3.46. The Labute approximate surface area is 125 Å². The first-order valence-corrected chi connectivity index (χ1v) is 7.04. The molecule has 0 atom stereocenters. The SMILES string of the molecule is c1ccc(C(OCc2ccncc2)c2ccccc2)cc1. The number of nitrogens with zero attached hydrogens (tertiary/aromatic N) is 1. The van der Waals surface area contributed by atoms with Crippen LogP contribution in [0.15, 0.2) is 85.2 Å². The van der Waals surface area contributed by atoms with E-state index in [0.717, 1.165) is 16.7 Å². The summed E-state index contributed by atoms with van der Waals surface area (Å²) in [7, 11) is 0. The summed E-state index contributed by atoms with van der Waals surface area (Å²) in [6.45, 7) is 0.566. The van der Waals surface area contributed by atoms with E-state index in [1.165, 1.54) is 0 Å². The average molecular weight is 275 g/mol. The monoisotopic (exact) mass is 275 g/mol. The molecule has 0 N–H and O–H groups in total. The fourth-order valence-electron chi connectivity index (χ4n) is 2.30. The third-order valence-corrected chi connectivity index (χ3v) is 3.37. The highest BCUT2D eigenvalue weighted by Crippen LogP contribution is 2.26. The number of ether oxygens (including phenoxy) is 1. The highest BCUT2D eigenvalue weighted by Gasteiger charge is 2.14. The zero-order chi connectivity index (χ0) is 14.3. The molecule has 0 amide bonds. The highest BCUT2D eigenvalue weighted by molar-refractivity contribution is 5.30. The molecule has 0 aliphatic carbocycles. The molecule has 104 valence electrons. The lowest BCUT2D eigenvalue weighted by Crippen LogP contribution is -2.06. The van der Waals surface area contributed by atoms with Crippen molar-refractivity contribution in [3.05, 3.63) is 102 Å². The van der Waals surface area contributed by atoms with Gasteiger partial charge in [0.15, 0.2) is 0 Å². The van der Waals surface area contributed by atoms with Crippen molar-refractivity contribution in [2.24, 2.45) is 0 Å². The van der Waals surface area contributed by atoms with Gasteiger partial charge in [0.1, 0.15) is 6.10 Å². The lowest BCUT2D eigenvalue weighted by molar-refractivity contribution is 0.0667. The highest BCUT2D eigenvalue weighted by atomic mass is 16.5. The normalized spacial score (nSPS) is 10.7. The maximum absolute atomic E-state index is 6.17. The predicted octanol–water partition coefficient (Wildman–Crippen LogP) is 4.39. The summed E-state index contributed by atoms with van der Waals surface area (Å²) >= 11 is 0. The standard InChI is InChI=1S/C19H17NO/c1-3-7-17(8-4-1)19(18-9-5-2-6-10-18)21-15-16-11-13-20-14-12-16/h1-14,19H,15H2. The summed E-state index contributed by atoms with van der Waals surface area (Å²) in [6, 6.07) is 24.6. The van der Waals surface area contributed by atoms with Crippen LogP contribution in [0.4, 0.5) is 0 Å². The van der Waals surface area contributed by atoms with Gasteiger partial charge < -0.3 is 4.74 Å². The number of rotatable bonds is 5. The molecule has 0 bridgehead atoms. The lowest BCUT2D eigenvalue weighted by atomic mass is 10.0. The lowest BCUT2D eigenvalue weighted by Gasteiger charge is -2.19. The molecule has 3 aromatic rings. The van der Waals surface area contributed by atoms with Gasteiger partial charge in [-0.05, 0) is 28.8 Å². The second-order valence-electron chi connectivity index (χ2n) is 4.87. The largest absolute Gasteiger partial charge is 0.364 e. The van der Waals surface area contributed by atoms with Gasteiger partial charge in [-0.2, -0.15) is 0 Å². The van der Waals surface area contributed by atoms with Crippen LogP contribution in [-0.2, 0) is 11.3 Å². The van der Waals surface area contributed by atoms with Crippen molar-refractivity contribution in [3.63, 3.8) is 0 Å². The molecule has 21 heavy (non-hydrogen) atoms. The first-order valence-electron chi connectivity index (χ1n) is 7.04. The van der Waals surface area contributed by atoms with Crippen molar-refractivity contribution in [2.75, 3.05) is 0 Å². The molecule has 1 aromatic heterocycles. The summed E-state index contributed by atoms with van der Waals surface area (Å²) in [5, 5.41) is 0. The van der Waals surface area contributed by atoms with Gasteiger partial charge in [0.05, 0.1) is 6.61 Å². The van der Waals surface area contributed by atoms with Gasteiger partial charge in [-0.3, -0.25) is 4.98 Å². The van der Waals surface area contributed by atoms with E-state index in [9.17, 15) is 0 Å². The summed E-state index contributed by atoms with van der Waals surface area (Å²) < 4.78 is 6.17. The van der Waals surface area contributed by atoms with Gasteiger partial charge in [-0.15, -0.1) is 0 Å². The zero-order valence-corrected chi connectivity index (χ0v) is 11.7. The molecular formula is C19H17NO. The minimum Gasteiger partial charge on any atom is -0.364 e. The van der Waals surface area contributed by atoms with Crippen molar-refractivity contribution >= 4 is 0 Å². The zero-order valence-electron chi connectivity index (χ0n) is 11.7. The Morgan fingerprint density at radius 2 is 1.24 bits per heavy atom. The first-order chi connectivity index (χ1) is 10.4. The smallest absolute Gasteiger partial charge is 0.108 e. The van der Waals surface area contributed by atoms with Crippen molar-refractivity contribution in [1.82, 2.24) is 4.98 Å². The van der Waals surface area contributed by atoms with Crippen molar-refractivity contribution in [1.29, 1.82) is 0 Å². The van der Waals surface area contributed by atoms with Crippen LogP contribution in [0, 0.1) is 0 Å². The molecule has 2 nitrogen and oxygen atoms in total. The molecule has 0 saturated carbocycles. The Morgan fingerprint density at radius 1 is 0.714 bits per heavy atom. The number of pyridine rings is 1.